The van der Waals surface area contributed by atoms with Crippen molar-refractivity contribution in [3.63, 3.8) is 0 Å². The van der Waals surface area contributed by atoms with Crippen molar-refractivity contribution in [1.29, 1.82) is 0 Å². The molecule has 2 amide bonds. The number of ether oxygens (including phenoxy) is 2. The van der Waals surface area contributed by atoms with Crippen molar-refractivity contribution in [2.75, 3.05) is 26.2 Å². The van der Waals surface area contributed by atoms with Gasteiger partial charge in [-0.05, 0) is 128 Å². The number of nitrogens with one attached hydrogen (secondary N) is 1. The number of amides is 2. The maximum atomic E-state index is 12.2. The molecule has 0 bridgehead atoms. The summed E-state index contributed by atoms with van der Waals surface area (Å²) < 4.78 is 41.6. The van der Waals surface area contributed by atoms with Gasteiger partial charge in [-0.1, -0.05) is 0 Å². The van der Waals surface area contributed by atoms with Crippen molar-refractivity contribution in [2.45, 2.75) is 142 Å². The smallest absolute Gasteiger partial charge is 1.00 e. The largest absolute Gasteiger partial charge is 2.00 e. The number of piperidine rings is 2. The Morgan fingerprint density at radius 1 is 0.761 bits per heavy atom. The summed E-state index contributed by atoms with van der Waals surface area (Å²) in [5.41, 5.74) is -0.911. The molecule has 0 saturated carbocycles. The molecule has 2 aliphatic heterocycles. The number of rotatable bonds is 5. The number of nitrogens with zero attached hydrogens (tertiary/aromatic N) is 3. The third-order valence-corrected chi connectivity index (χ3v) is 9.89. The van der Waals surface area contributed by atoms with Gasteiger partial charge >= 0.3 is 35.2 Å². The molecule has 2 saturated heterocycles. The van der Waals surface area contributed by atoms with E-state index in [-0.39, 0.29) is 81.1 Å². The number of halogens is 1. The fraction of sp³-hybridized carbons (Fsp3) is 0.875. The molecular formula is C32H63BrMgN4O6S2. The number of hydrogen-bond donors (Lipinski definition) is 1. The molecule has 0 aromatic heterocycles. The topological polar surface area (TPSA) is 118 Å². The second-order valence-electron chi connectivity index (χ2n) is 15.5. The van der Waals surface area contributed by atoms with Crippen LogP contribution in [0.15, 0.2) is 4.40 Å². The molecule has 0 aromatic carbocycles. The van der Waals surface area contributed by atoms with Crippen molar-refractivity contribution < 1.29 is 44.5 Å². The van der Waals surface area contributed by atoms with E-state index in [9.17, 15) is 18.0 Å². The first-order chi connectivity index (χ1) is 19.4. The zero-order valence-corrected chi connectivity index (χ0v) is 35.8. The Bertz CT molecular complexity index is 991. The van der Waals surface area contributed by atoms with Crippen molar-refractivity contribution >= 4 is 63.4 Å². The van der Waals surface area contributed by atoms with Gasteiger partial charge in [0, 0.05) is 38.4 Å². The SMILES string of the molecule is CC(C)(C)OC(=O)N1CCC(C=N[S@@](=O)C(C)(C)C)CC1.CC(N[S@@](=O)C(C)(C)C)C1CCN(C(=O)OC(C)(C)C)CC1.[Br-].[CH3-].[Mg+2]. The van der Waals surface area contributed by atoms with Gasteiger partial charge in [0.05, 0.1) is 20.5 Å². The maximum absolute atomic E-state index is 12.2. The van der Waals surface area contributed by atoms with Crippen molar-refractivity contribution in [2.24, 2.45) is 16.2 Å². The second kappa shape index (κ2) is 21.0. The normalized spacial score (nSPS) is 18.9. The monoisotopic (exact) mass is 766 g/mol. The van der Waals surface area contributed by atoms with Crippen molar-refractivity contribution in [3.8, 4) is 0 Å². The Hall–Kier alpha value is -0.284. The molecule has 10 nitrogen and oxygen atoms in total. The molecule has 0 aliphatic carbocycles. The summed E-state index contributed by atoms with van der Waals surface area (Å²) >= 11 is 0. The van der Waals surface area contributed by atoms with E-state index in [1.807, 2.05) is 83.1 Å². The molecule has 0 radical (unpaired) electrons. The van der Waals surface area contributed by atoms with Crippen molar-refractivity contribution in [3.05, 3.63) is 7.43 Å². The van der Waals surface area contributed by atoms with Crippen LogP contribution in [0.3, 0.4) is 0 Å². The van der Waals surface area contributed by atoms with E-state index in [0.717, 1.165) is 25.7 Å². The van der Waals surface area contributed by atoms with Crippen LogP contribution in [-0.2, 0) is 31.4 Å². The van der Waals surface area contributed by atoms with Gasteiger partial charge in [-0.15, -0.1) is 0 Å². The van der Waals surface area contributed by atoms with E-state index in [0.29, 0.717) is 32.1 Å². The van der Waals surface area contributed by atoms with Crippen LogP contribution in [0.4, 0.5) is 9.59 Å². The first-order valence-corrected chi connectivity index (χ1v) is 17.7. The minimum Gasteiger partial charge on any atom is -1.00 e. The van der Waals surface area contributed by atoms with E-state index in [2.05, 4.69) is 16.0 Å². The van der Waals surface area contributed by atoms with Gasteiger partial charge in [0.15, 0.2) is 0 Å². The molecule has 46 heavy (non-hydrogen) atoms. The van der Waals surface area contributed by atoms with E-state index in [1.54, 1.807) is 16.0 Å². The van der Waals surface area contributed by atoms with Crippen LogP contribution in [0.25, 0.3) is 0 Å². The molecule has 2 rings (SSSR count). The van der Waals surface area contributed by atoms with E-state index in [1.165, 1.54) is 0 Å². The van der Waals surface area contributed by atoms with Gasteiger partial charge in [0.25, 0.3) is 0 Å². The van der Waals surface area contributed by atoms with Gasteiger partial charge in [-0.25, -0.2) is 22.7 Å². The third-order valence-electron chi connectivity index (χ3n) is 6.83. The molecule has 2 aliphatic rings. The molecule has 2 heterocycles. The Labute approximate surface area is 312 Å². The molecule has 1 N–H and O–H groups in total. The van der Waals surface area contributed by atoms with Crippen LogP contribution in [0.2, 0.25) is 0 Å². The Morgan fingerprint density at radius 3 is 1.46 bits per heavy atom. The van der Waals surface area contributed by atoms with Gasteiger partial charge < -0.3 is 43.7 Å². The van der Waals surface area contributed by atoms with Gasteiger partial charge in [0.1, 0.15) is 22.2 Å². The summed E-state index contributed by atoms with van der Waals surface area (Å²) in [4.78, 5) is 27.5. The molecule has 14 heteroatoms. The number of carbonyl (C=O) groups excluding carboxylic acids is 2. The summed E-state index contributed by atoms with van der Waals surface area (Å²) in [7, 11) is -2.26. The zero-order chi connectivity index (χ0) is 33.4. The first kappa shape index (κ1) is 50.1. The number of carbonyl (C=O) groups is 2. The average molecular weight is 768 g/mol. The predicted molar refractivity (Wildman–Crippen MR) is 190 cm³/mol. The molecule has 0 spiro atoms. The molecule has 0 aromatic rings. The standard InChI is InChI=1S/C16H32N2O3S.C15H28N2O3S.CH3.BrH.Mg/c1-12(17-22(20)16(5,6)7)13-8-10-18(11-9-13)14(19)21-15(2,3)4;1-14(2,3)20-13(18)17-9-7-12(8-10-17)11-16-21(19)15(4,5)6;;;/h12-13,17H,8-11H2,1-7H3;11-12H,7-10H2,1-6H3;1H3;1H;/q;;-1;;+2/p-1/t12?,22-;21-;;;/m00.../s1. The van der Waals surface area contributed by atoms with E-state index >= 15 is 0 Å². The minimum absolute atomic E-state index is 0. The van der Waals surface area contributed by atoms with Crippen LogP contribution < -0.4 is 21.7 Å². The number of likely N-dealkylation sites (tertiary alicyclic amines) is 2. The van der Waals surface area contributed by atoms with Gasteiger partial charge in [-0.3, -0.25) is 0 Å². The van der Waals surface area contributed by atoms with Crippen LogP contribution in [0.1, 0.15) is 116 Å². The first-order valence-electron chi connectivity index (χ1n) is 15.5. The summed E-state index contributed by atoms with van der Waals surface area (Å²) in [5, 5.41) is 0. The fourth-order valence-corrected chi connectivity index (χ4v) is 5.69. The minimum atomic E-state index is -1.21. The quantitative estimate of drug-likeness (QED) is 0.261. The predicted octanol–water partition coefficient (Wildman–Crippen LogP) is 3.31. The Kier molecular flexibility index (Phi) is 22.9. The van der Waals surface area contributed by atoms with Crippen LogP contribution in [0, 0.1) is 19.3 Å². The fourth-order valence-electron chi connectivity index (χ4n) is 4.21. The van der Waals surface area contributed by atoms with Crippen LogP contribution >= 0.6 is 0 Å². The zero-order valence-electron chi connectivity index (χ0n) is 31.2. The van der Waals surface area contributed by atoms with Gasteiger partial charge in [-0.2, -0.15) is 4.40 Å². The van der Waals surface area contributed by atoms with Crippen LogP contribution in [0.5, 0.6) is 0 Å². The van der Waals surface area contributed by atoms with Gasteiger partial charge in [0.2, 0.25) is 0 Å². The second-order valence-corrected chi connectivity index (χ2v) is 19.4. The molecule has 1 unspecified atom stereocenters. The van der Waals surface area contributed by atoms with E-state index in [4.69, 9.17) is 9.47 Å². The molecular weight excluding hydrogens is 705 g/mol. The number of hydrogen-bond acceptors (Lipinski definition) is 6. The average Bonchev–Trinajstić information content (AvgIpc) is 2.84. The summed E-state index contributed by atoms with van der Waals surface area (Å²) in [6.45, 7) is 27.7. The van der Waals surface area contributed by atoms with Crippen LogP contribution in [-0.4, -0.2) is 113 Å². The van der Waals surface area contributed by atoms with E-state index < -0.39 is 33.2 Å². The summed E-state index contributed by atoms with van der Waals surface area (Å²) in [6, 6.07) is 0.181. The maximum Gasteiger partial charge on any atom is 2.00 e. The molecule has 2 fully saturated rings. The molecule has 268 valence electrons. The summed E-state index contributed by atoms with van der Waals surface area (Å²) in [5.74, 6) is 0.722. The van der Waals surface area contributed by atoms with Crippen molar-refractivity contribution in [1.82, 2.24) is 14.5 Å². The third kappa shape index (κ3) is 20.3. The Balaban J connectivity index is -0.000000755. The summed E-state index contributed by atoms with van der Waals surface area (Å²) in [6.07, 6.45) is 4.81. The molecule has 3 atom stereocenters. The Morgan fingerprint density at radius 2 is 1.13 bits per heavy atom.